The highest BCUT2D eigenvalue weighted by Gasteiger charge is 2.36. The Morgan fingerprint density at radius 1 is 1.38 bits per heavy atom. The van der Waals surface area contributed by atoms with Gasteiger partial charge in [0.2, 0.25) is 10.0 Å². The van der Waals surface area contributed by atoms with Gasteiger partial charge in [0.25, 0.3) is 0 Å². The second kappa shape index (κ2) is 5.84. The summed E-state index contributed by atoms with van der Waals surface area (Å²) in [4.78, 5) is 10.9. The maximum absolute atomic E-state index is 12.8. The van der Waals surface area contributed by atoms with Gasteiger partial charge in [0.05, 0.1) is 16.5 Å². The van der Waals surface area contributed by atoms with Gasteiger partial charge in [-0.15, -0.1) is 0 Å². The molecule has 1 aromatic carbocycles. The van der Waals surface area contributed by atoms with Gasteiger partial charge in [0, 0.05) is 5.54 Å². The van der Waals surface area contributed by atoms with Crippen molar-refractivity contribution in [1.82, 2.24) is 4.31 Å². The van der Waals surface area contributed by atoms with E-state index in [1.807, 2.05) is 6.07 Å². The first kappa shape index (κ1) is 17.1. The molecule has 0 radical (unpaired) electrons. The van der Waals surface area contributed by atoms with Crippen LogP contribution in [0.2, 0.25) is 0 Å². The van der Waals surface area contributed by atoms with Crippen molar-refractivity contribution in [3.63, 3.8) is 0 Å². The number of nitriles is 1. The standard InChI is InChI=1S/C14H18N2O4S/c1-10-5-6-11(8-15)7-12(10)21(19,20)16(9-13(17)18)14(2,3)4/h5-7H,9H2,1-4H3,(H,17,18). The summed E-state index contributed by atoms with van der Waals surface area (Å²) >= 11 is 0. The van der Waals surface area contributed by atoms with Crippen molar-refractivity contribution in [3.8, 4) is 6.07 Å². The summed E-state index contributed by atoms with van der Waals surface area (Å²) in [6.45, 7) is 5.84. The van der Waals surface area contributed by atoms with Gasteiger partial charge in [-0.25, -0.2) is 8.42 Å². The van der Waals surface area contributed by atoms with Crippen LogP contribution >= 0.6 is 0 Å². The fourth-order valence-electron chi connectivity index (χ4n) is 1.87. The number of carboxylic acids is 1. The molecule has 0 fully saturated rings. The zero-order valence-corrected chi connectivity index (χ0v) is 13.2. The lowest BCUT2D eigenvalue weighted by Crippen LogP contribution is -2.48. The third kappa shape index (κ3) is 3.80. The lowest BCUT2D eigenvalue weighted by Gasteiger charge is -2.33. The molecule has 0 saturated heterocycles. The van der Waals surface area contributed by atoms with Crippen molar-refractivity contribution in [2.75, 3.05) is 6.54 Å². The van der Waals surface area contributed by atoms with E-state index >= 15 is 0 Å². The monoisotopic (exact) mass is 310 g/mol. The molecule has 7 heteroatoms. The number of hydrogen-bond donors (Lipinski definition) is 1. The third-order valence-electron chi connectivity index (χ3n) is 2.91. The molecular formula is C14H18N2O4S. The van der Waals surface area contributed by atoms with Gasteiger partial charge >= 0.3 is 5.97 Å². The maximum atomic E-state index is 12.8. The molecule has 0 aromatic heterocycles. The van der Waals surface area contributed by atoms with E-state index in [9.17, 15) is 13.2 Å². The van der Waals surface area contributed by atoms with Crippen molar-refractivity contribution in [3.05, 3.63) is 29.3 Å². The minimum absolute atomic E-state index is 0.0438. The summed E-state index contributed by atoms with van der Waals surface area (Å²) in [7, 11) is -4.02. The van der Waals surface area contributed by atoms with Crippen LogP contribution in [0, 0.1) is 18.3 Å². The second-order valence-electron chi connectivity index (χ2n) is 5.67. The van der Waals surface area contributed by atoms with Crippen LogP contribution in [-0.4, -0.2) is 35.9 Å². The normalized spacial score (nSPS) is 12.2. The molecule has 0 atom stereocenters. The fraction of sp³-hybridized carbons (Fsp3) is 0.429. The zero-order chi connectivity index (χ0) is 16.4. The van der Waals surface area contributed by atoms with E-state index in [1.54, 1.807) is 27.7 Å². The predicted octanol–water partition coefficient (Wildman–Crippen LogP) is 1.74. The number of carbonyl (C=O) groups is 1. The molecule has 0 aliphatic rings. The summed E-state index contributed by atoms with van der Waals surface area (Å²) in [6, 6.07) is 6.21. The van der Waals surface area contributed by atoms with Crippen molar-refractivity contribution in [2.24, 2.45) is 0 Å². The first-order chi connectivity index (χ1) is 9.50. The predicted molar refractivity (Wildman–Crippen MR) is 77.2 cm³/mol. The number of carboxylic acid groups (broad SMARTS) is 1. The van der Waals surface area contributed by atoms with Gasteiger partial charge in [-0.2, -0.15) is 9.57 Å². The van der Waals surface area contributed by atoms with Crippen LogP contribution in [0.1, 0.15) is 31.9 Å². The Morgan fingerprint density at radius 3 is 2.38 bits per heavy atom. The van der Waals surface area contributed by atoms with Crippen LogP contribution in [-0.2, 0) is 14.8 Å². The zero-order valence-electron chi connectivity index (χ0n) is 12.4. The van der Waals surface area contributed by atoms with E-state index in [-0.39, 0.29) is 10.5 Å². The van der Waals surface area contributed by atoms with Crippen molar-refractivity contribution in [1.29, 1.82) is 5.26 Å². The highest BCUT2D eigenvalue weighted by Crippen LogP contribution is 2.27. The number of aliphatic carboxylic acids is 1. The number of benzene rings is 1. The number of nitrogens with zero attached hydrogens (tertiary/aromatic N) is 2. The Labute approximate surface area is 124 Å². The summed E-state index contributed by atoms with van der Waals surface area (Å²) in [5, 5.41) is 17.9. The Kier molecular flexibility index (Phi) is 4.76. The van der Waals surface area contributed by atoms with Gasteiger partial charge in [0.1, 0.15) is 6.54 Å². The number of rotatable bonds is 4. The minimum Gasteiger partial charge on any atom is -0.480 e. The molecule has 0 aliphatic carbocycles. The number of sulfonamides is 1. The van der Waals surface area contributed by atoms with E-state index in [0.29, 0.717) is 5.56 Å². The van der Waals surface area contributed by atoms with E-state index in [0.717, 1.165) is 4.31 Å². The topological polar surface area (TPSA) is 98.5 Å². The van der Waals surface area contributed by atoms with E-state index in [1.165, 1.54) is 18.2 Å². The number of hydrogen-bond acceptors (Lipinski definition) is 4. The smallest absolute Gasteiger partial charge is 0.318 e. The fourth-order valence-corrected chi connectivity index (χ4v) is 3.86. The van der Waals surface area contributed by atoms with Crippen molar-refractivity contribution >= 4 is 16.0 Å². The summed E-state index contributed by atoms with van der Waals surface area (Å²) < 4.78 is 26.4. The molecule has 21 heavy (non-hydrogen) atoms. The average molecular weight is 310 g/mol. The Bertz CT molecular complexity index is 697. The number of aryl methyl sites for hydroxylation is 1. The van der Waals surface area contributed by atoms with Crippen LogP contribution < -0.4 is 0 Å². The quantitative estimate of drug-likeness (QED) is 0.913. The van der Waals surface area contributed by atoms with Crippen molar-refractivity contribution in [2.45, 2.75) is 38.1 Å². The van der Waals surface area contributed by atoms with E-state index in [2.05, 4.69) is 0 Å². The molecule has 0 unspecified atom stereocenters. The van der Waals surface area contributed by atoms with Gasteiger partial charge in [0.15, 0.2) is 0 Å². The lowest BCUT2D eigenvalue weighted by molar-refractivity contribution is -0.138. The SMILES string of the molecule is Cc1ccc(C#N)cc1S(=O)(=O)N(CC(=O)O)C(C)(C)C. The first-order valence-electron chi connectivity index (χ1n) is 6.25. The molecule has 0 aliphatic heterocycles. The molecule has 1 rings (SSSR count). The molecule has 1 aromatic rings. The van der Waals surface area contributed by atoms with Crippen LogP contribution in [0.3, 0.4) is 0 Å². The first-order valence-corrected chi connectivity index (χ1v) is 7.69. The molecule has 0 spiro atoms. The molecule has 0 amide bonds. The van der Waals surface area contributed by atoms with Gasteiger partial charge in [-0.3, -0.25) is 4.79 Å². The summed E-state index contributed by atoms with van der Waals surface area (Å²) in [6.07, 6.45) is 0. The van der Waals surface area contributed by atoms with Gasteiger partial charge in [-0.1, -0.05) is 6.07 Å². The van der Waals surface area contributed by atoms with Crippen LogP contribution in [0.4, 0.5) is 0 Å². The second-order valence-corrected chi connectivity index (χ2v) is 7.50. The summed E-state index contributed by atoms with van der Waals surface area (Å²) in [5.74, 6) is -1.23. The molecule has 0 saturated carbocycles. The molecule has 0 heterocycles. The van der Waals surface area contributed by atoms with Crippen LogP contribution in [0.5, 0.6) is 0 Å². The third-order valence-corrected chi connectivity index (χ3v) is 5.17. The van der Waals surface area contributed by atoms with Crippen LogP contribution in [0.25, 0.3) is 0 Å². The van der Waals surface area contributed by atoms with Gasteiger partial charge < -0.3 is 5.11 Å². The largest absolute Gasteiger partial charge is 0.480 e. The molecule has 114 valence electrons. The minimum atomic E-state index is -4.02. The van der Waals surface area contributed by atoms with Crippen molar-refractivity contribution < 1.29 is 18.3 Å². The highest BCUT2D eigenvalue weighted by atomic mass is 32.2. The maximum Gasteiger partial charge on any atom is 0.318 e. The molecule has 0 bridgehead atoms. The molecular weight excluding hydrogens is 292 g/mol. The Hall–Kier alpha value is -1.91. The summed E-state index contributed by atoms with van der Waals surface area (Å²) in [5.41, 5.74) is -0.219. The molecule has 1 N–H and O–H groups in total. The Morgan fingerprint density at radius 2 is 1.95 bits per heavy atom. The van der Waals surface area contributed by atoms with E-state index in [4.69, 9.17) is 10.4 Å². The Balaban J connectivity index is 3.50. The molecule has 6 nitrogen and oxygen atoms in total. The lowest BCUT2D eigenvalue weighted by atomic mass is 10.1. The van der Waals surface area contributed by atoms with E-state index < -0.39 is 28.1 Å². The highest BCUT2D eigenvalue weighted by molar-refractivity contribution is 7.89. The van der Waals surface area contributed by atoms with Crippen LogP contribution in [0.15, 0.2) is 23.1 Å². The average Bonchev–Trinajstić information content (AvgIpc) is 2.34. The van der Waals surface area contributed by atoms with Gasteiger partial charge in [-0.05, 0) is 45.4 Å².